The van der Waals surface area contributed by atoms with Gasteiger partial charge in [-0.2, -0.15) is 0 Å². The number of hydrogen-bond donors (Lipinski definition) is 2. The molecule has 0 amide bonds. The highest BCUT2D eigenvalue weighted by Crippen LogP contribution is 2.24. The van der Waals surface area contributed by atoms with Gasteiger partial charge in [0.1, 0.15) is 23.9 Å². The van der Waals surface area contributed by atoms with Crippen molar-refractivity contribution < 1.29 is 14.2 Å². The van der Waals surface area contributed by atoms with E-state index in [1.807, 2.05) is 57.4 Å². The summed E-state index contributed by atoms with van der Waals surface area (Å²) in [5, 5.41) is 6.64. The van der Waals surface area contributed by atoms with Gasteiger partial charge in [0.05, 0.1) is 20.8 Å². The molecule has 0 bridgehead atoms. The quantitative estimate of drug-likeness (QED) is 0.435. The van der Waals surface area contributed by atoms with Crippen LogP contribution in [0.2, 0.25) is 0 Å². The minimum absolute atomic E-state index is 0.556. The average molecular weight is 415 g/mol. The smallest absolute Gasteiger partial charge is 0.191 e. The number of aliphatic imine (C=N–C) groups is 1. The molecule has 2 rings (SSSR count). The highest BCUT2D eigenvalue weighted by Gasteiger charge is 2.06. The van der Waals surface area contributed by atoms with Crippen LogP contribution in [0.1, 0.15) is 18.1 Å². The van der Waals surface area contributed by atoms with Crippen LogP contribution in [0.25, 0.3) is 0 Å². The SMILES string of the molecule is CCNC(=NCc1cccc(OCCN(C)C)c1)NCc1ccc(OC)cc1OC. The third kappa shape index (κ3) is 7.83. The van der Waals surface area contributed by atoms with Crippen LogP contribution in [0.3, 0.4) is 0 Å². The molecule has 0 aromatic heterocycles. The Labute approximate surface area is 180 Å². The molecule has 2 aromatic rings. The Morgan fingerprint density at radius 2 is 1.83 bits per heavy atom. The molecule has 2 aromatic carbocycles. The van der Waals surface area contributed by atoms with E-state index in [-0.39, 0.29) is 0 Å². The van der Waals surface area contributed by atoms with Crippen molar-refractivity contribution in [3.05, 3.63) is 53.6 Å². The molecule has 0 saturated carbocycles. The lowest BCUT2D eigenvalue weighted by Crippen LogP contribution is -2.36. The summed E-state index contributed by atoms with van der Waals surface area (Å²) >= 11 is 0. The Balaban J connectivity index is 1.99. The number of guanidine groups is 1. The molecule has 0 saturated heterocycles. The molecule has 0 heterocycles. The fraction of sp³-hybridized carbons (Fsp3) is 0.435. The van der Waals surface area contributed by atoms with Gasteiger partial charge < -0.3 is 29.7 Å². The van der Waals surface area contributed by atoms with Crippen LogP contribution in [0.15, 0.2) is 47.5 Å². The topological polar surface area (TPSA) is 67.4 Å². The number of hydrogen-bond acceptors (Lipinski definition) is 5. The summed E-state index contributed by atoms with van der Waals surface area (Å²) in [6.45, 7) is 5.51. The second kappa shape index (κ2) is 12.6. The zero-order chi connectivity index (χ0) is 21.8. The van der Waals surface area contributed by atoms with Gasteiger partial charge in [-0.3, -0.25) is 0 Å². The van der Waals surface area contributed by atoms with Crippen molar-refractivity contribution in [3.8, 4) is 17.2 Å². The Kier molecular flexibility index (Phi) is 9.80. The van der Waals surface area contributed by atoms with Crippen molar-refractivity contribution in [2.24, 2.45) is 4.99 Å². The van der Waals surface area contributed by atoms with Gasteiger partial charge in [-0.15, -0.1) is 0 Å². The van der Waals surface area contributed by atoms with Gasteiger partial charge in [-0.05, 0) is 50.8 Å². The number of nitrogens with one attached hydrogen (secondary N) is 2. The molecule has 7 nitrogen and oxygen atoms in total. The summed E-state index contributed by atoms with van der Waals surface area (Å²) in [4.78, 5) is 6.80. The van der Waals surface area contributed by atoms with E-state index in [0.29, 0.717) is 19.7 Å². The zero-order valence-corrected chi connectivity index (χ0v) is 18.7. The largest absolute Gasteiger partial charge is 0.497 e. The molecule has 2 N–H and O–H groups in total. The predicted molar refractivity (Wildman–Crippen MR) is 122 cm³/mol. The third-order valence-corrected chi connectivity index (χ3v) is 4.41. The van der Waals surface area contributed by atoms with Gasteiger partial charge in [0.25, 0.3) is 0 Å². The van der Waals surface area contributed by atoms with E-state index >= 15 is 0 Å². The summed E-state index contributed by atoms with van der Waals surface area (Å²) in [5.74, 6) is 3.16. The average Bonchev–Trinajstić information content (AvgIpc) is 2.75. The Morgan fingerprint density at radius 1 is 1.00 bits per heavy atom. The third-order valence-electron chi connectivity index (χ3n) is 4.41. The highest BCUT2D eigenvalue weighted by molar-refractivity contribution is 5.79. The molecule has 164 valence electrons. The summed E-state index contributed by atoms with van der Waals surface area (Å²) < 4.78 is 16.5. The van der Waals surface area contributed by atoms with Crippen LogP contribution in [0.5, 0.6) is 17.2 Å². The first kappa shape index (κ1) is 23.3. The van der Waals surface area contributed by atoms with Crippen LogP contribution in [0.4, 0.5) is 0 Å². The van der Waals surface area contributed by atoms with E-state index in [4.69, 9.17) is 19.2 Å². The standard InChI is InChI=1S/C23H34N4O3/c1-6-24-23(26-17-19-10-11-20(28-4)15-22(19)29-5)25-16-18-8-7-9-21(14-18)30-13-12-27(2)3/h7-11,14-15H,6,12-13,16-17H2,1-5H3,(H2,24,25,26). The van der Waals surface area contributed by atoms with Crippen molar-refractivity contribution in [1.29, 1.82) is 0 Å². The molecule has 0 radical (unpaired) electrons. The minimum atomic E-state index is 0.556. The lowest BCUT2D eigenvalue weighted by Gasteiger charge is -2.14. The van der Waals surface area contributed by atoms with Gasteiger partial charge in [-0.25, -0.2) is 4.99 Å². The maximum Gasteiger partial charge on any atom is 0.191 e. The Hall–Kier alpha value is -2.93. The molecule has 7 heteroatoms. The number of methoxy groups -OCH3 is 2. The molecule has 30 heavy (non-hydrogen) atoms. The predicted octanol–water partition coefficient (Wildman–Crippen LogP) is 2.90. The number of benzene rings is 2. The monoisotopic (exact) mass is 414 g/mol. The Bertz CT molecular complexity index is 809. The van der Waals surface area contributed by atoms with Crippen LogP contribution < -0.4 is 24.8 Å². The molecule has 0 aliphatic heterocycles. The summed E-state index contributed by atoms with van der Waals surface area (Å²) in [6, 6.07) is 13.9. The first-order valence-electron chi connectivity index (χ1n) is 10.1. The molecule has 0 aliphatic rings. The van der Waals surface area contributed by atoms with E-state index in [2.05, 4.69) is 21.6 Å². The fourth-order valence-electron chi connectivity index (χ4n) is 2.77. The van der Waals surface area contributed by atoms with Crippen molar-refractivity contribution in [1.82, 2.24) is 15.5 Å². The molecule has 0 fully saturated rings. The minimum Gasteiger partial charge on any atom is -0.497 e. The summed E-state index contributed by atoms with van der Waals surface area (Å²) in [7, 11) is 7.37. The molecule has 0 spiro atoms. The lowest BCUT2D eigenvalue weighted by atomic mass is 10.2. The van der Waals surface area contributed by atoms with Crippen LogP contribution in [-0.4, -0.2) is 58.9 Å². The maximum atomic E-state index is 5.82. The van der Waals surface area contributed by atoms with E-state index in [1.165, 1.54) is 0 Å². The first-order chi connectivity index (χ1) is 14.5. The number of likely N-dealkylation sites (N-methyl/N-ethyl adjacent to an activating group) is 1. The molecule has 0 atom stereocenters. The first-order valence-corrected chi connectivity index (χ1v) is 10.1. The highest BCUT2D eigenvalue weighted by atomic mass is 16.5. The van der Waals surface area contributed by atoms with Crippen molar-refractivity contribution >= 4 is 5.96 Å². The zero-order valence-electron chi connectivity index (χ0n) is 18.7. The number of nitrogens with zero attached hydrogens (tertiary/aromatic N) is 2. The summed E-state index contributed by atoms with van der Waals surface area (Å²) in [5.41, 5.74) is 2.12. The Morgan fingerprint density at radius 3 is 2.53 bits per heavy atom. The van der Waals surface area contributed by atoms with Gasteiger partial charge in [-0.1, -0.05) is 12.1 Å². The van der Waals surface area contributed by atoms with Gasteiger partial charge in [0, 0.05) is 31.3 Å². The van der Waals surface area contributed by atoms with Crippen LogP contribution in [-0.2, 0) is 13.1 Å². The van der Waals surface area contributed by atoms with E-state index in [1.54, 1.807) is 14.2 Å². The van der Waals surface area contributed by atoms with Gasteiger partial charge in [0.2, 0.25) is 0 Å². The van der Waals surface area contributed by atoms with Crippen LogP contribution in [0, 0.1) is 0 Å². The lowest BCUT2D eigenvalue weighted by molar-refractivity contribution is 0.261. The second-order valence-corrected chi connectivity index (χ2v) is 7.03. The molecular formula is C23H34N4O3. The van der Waals surface area contributed by atoms with Crippen molar-refractivity contribution in [2.75, 3.05) is 48.0 Å². The number of ether oxygens (including phenoxy) is 3. The van der Waals surface area contributed by atoms with Crippen LogP contribution >= 0.6 is 0 Å². The van der Waals surface area contributed by atoms with Crippen molar-refractivity contribution in [2.45, 2.75) is 20.0 Å². The molecule has 0 unspecified atom stereocenters. The van der Waals surface area contributed by atoms with Gasteiger partial charge in [0.15, 0.2) is 5.96 Å². The van der Waals surface area contributed by atoms with E-state index < -0.39 is 0 Å². The van der Waals surface area contributed by atoms with E-state index in [9.17, 15) is 0 Å². The normalized spacial score (nSPS) is 11.3. The maximum absolute atomic E-state index is 5.82. The van der Waals surface area contributed by atoms with Gasteiger partial charge >= 0.3 is 0 Å². The molecule has 0 aliphatic carbocycles. The van der Waals surface area contributed by atoms with Crippen molar-refractivity contribution in [3.63, 3.8) is 0 Å². The fourth-order valence-corrected chi connectivity index (χ4v) is 2.77. The van der Waals surface area contributed by atoms with E-state index in [0.717, 1.165) is 47.4 Å². The second-order valence-electron chi connectivity index (χ2n) is 7.03. The summed E-state index contributed by atoms with van der Waals surface area (Å²) in [6.07, 6.45) is 0. The number of rotatable bonds is 11. The molecular weight excluding hydrogens is 380 g/mol.